The highest BCUT2D eigenvalue weighted by Gasteiger charge is 2.33. The summed E-state index contributed by atoms with van der Waals surface area (Å²) in [6.45, 7) is 9.80. The lowest BCUT2D eigenvalue weighted by Gasteiger charge is -2.45. The molecule has 1 aromatic rings. The van der Waals surface area contributed by atoms with Crippen LogP contribution in [-0.4, -0.2) is 44.6 Å². The lowest BCUT2D eigenvalue weighted by atomic mass is 9.96. The summed E-state index contributed by atoms with van der Waals surface area (Å²) >= 11 is 0. The number of rotatable bonds is 3. The van der Waals surface area contributed by atoms with Crippen LogP contribution in [0.2, 0.25) is 0 Å². The number of piperazine rings is 1. The summed E-state index contributed by atoms with van der Waals surface area (Å²) < 4.78 is 1.77. The molecule has 5 nitrogen and oxygen atoms in total. The van der Waals surface area contributed by atoms with Crippen LogP contribution in [0, 0.1) is 0 Å². The highest BCUT2D eigenvalue weighted by molar-refractivity contribution is 4.98. The minimum atomic E-state index is 0.184. The SMILES string of the molecule is CCC1CN(Cc2cn(C)nn2)C(C)(C)CN1. The average molecular weight is 237 g/mol. The first-order valence-corrected chi connectivity index (χ1v) is 6.35. The Labute approximate surface area is 103 Å². The van der Waals surface area contributed by atoms with Gasteiger partial charge in [-0.3, -0.25) is 9.58 Å². The Morgan fingerprint density at radius 3 is 2.88 bits per heavy atom. The lowest BCUT2D eigenvalue weighted by molar-refractivity contribution is 0.0565. The average Bonchev–Trinajstić information content (AvgIpc) is 2.67. The fourth-order valence-electron chi connectivity index (χ4n) is 2.30. The van der Waals surface area contributed by atoms with Crippen molar-refractivity contribution in [3.8, 4) is 0 Å². The van der Waals surface area contributed by atoms with Crippen molar-refractivity contribution in [2.45, 2.75) is 45.3 Å². The number of nitrogens with one attached hydrogen (secondary N) is 1. The lowest BCUT2D eigenvalue weighted by Crippen LogP contribution is -2.61. The summed E-state index contributed by atoms with van der Waals surface area (Å²) in [5, 5.41) is 11.8. The van der Waals surface area contributed by atoms with Gasteiger partial charge in [-0.25, -0.2) is 0 Å². The summed E-state index contributed by atoms with van der Waals surface area (Å²) in [5.74, 6) is 0. The van der Waals surface area contributed by atoms with Gasteiger partial charge in [0, 0.05) is 44.5 Å². The van der Waals surface area contributed by atoms with Crippen molar-refractivity contribution in [3.63, 3.8) is 0 Å². The van der Waals surface area contributed by atoms with Crippen LogP contribution in [0.15, 0.2) is 6.20 Å². The van der Waals surface area contributed by atoms with E-state index in [1.54, 1.807) is 4.68 Å². The topological polar surface area (TPSA) is 46.0 Å². The smallest absolute Gasteiger partial charge is 0.0967 e. The minimum absolute atomic E-state index is 0.184. The second kappa shape index (κ2) is 4.74. The zero-order valence-electron chi connectivity index (χ0n) is 11.3. The Morgan fingerprint density at radius 2 is 2.29 bits per heavy atom. The fraction of sp³-hybridized carbons (Fsp3) is 0.833. The second-order valence-corrected chi connectivity index (χ2v) is 5.56. The van der Waals surface area contributed by atoms with Crippen LogP contribution >= 0.6 is 0 Å². The first-order chi connectivity index (χ1) is 8.01. The van der Waals surface area contributed by atoms with Crippen LogP contribution in [0.4, 0.5) is 0 Å². The van der Waals surface area contributed by atoms with E-state index in [2.05, 4.69) is 41.3 Å². The van der Waals surface area contributed by atoms with Gasteiger partial charge in [-0.05, 0) is 20.3 Å². The molecule has 0 saturated carbocycles. The fourth-order valence-corrected chi connectivity index (χ4v) is 2.30. The molecule has 1 fully saturated rings. The quantitative estimate of drug-likeness (QED) is 0.844. The van der Waals surface area contributed by atoms with E-state index in [4.69, 9.17) is 0 Å². The molecule has 0 aromatic carbocycles. The molecule has 2 rings (SSSR count). The normalized spacial score (nSPS) is 25.1. The van der Waals surface area contributed by atoms with E-state index in [-0.39, 0.29) is 5.54 Å². The van der Waals surface area contributed by atoms with Gasteiger partial charge in [0.15, 0.2) is 0 Å². The van der Waals surface area contributed by atoms with E-state index < -0.39 is 0 Å². The van der Waals surface area contributed by atoms with Gasteiger partial charge in [0.05, 0.1) is 5.69 Å². The van der Waals surface area contributed by atoms with Gasteiger partial charge in [0.25, 0.3) is 0 Å². The van der Waals surface area contributed by atoms with E-state index >= 15 is 0 Å². The van der Waals surface area contributed by atoms with E-state index in [0.29, 0.717) is 6.04 Å². The molecule has 0 aliphatic carbocycles. The predicted molar refractivity (Wildman–Crippen MR) is 67.6 cm³/mol. The molecule has 17 heavy (non-hydrogen) atoms. The highest BCUT2D eigenvalue weighted by atomic mass is 15.4. The maximum atomic E-state index is 4.18. The maximum absolute atomic E-state index is 4.18. The molecule has 1 saturated heterocycles. The minimum Gasteiger partial charge on any atom is -0.311 e. The summed E-state index contributed by atoms with van der Waals surface area (Å²) in [6, 6.07) is 0.597. The van der Waals surface area contributed by atoms with Crippen molar-refractivity contribution in [1.82, 2.24) is 25.2 Å². The molecule has 1 atom stereocenters. The van der Waals surface area contributed by atoms with Crippen LogP contribution in [0.5, 0.6) is 0 Å². The van der Waals surface area contributed by atoms with E-state index in [0.717, 1.165) is 25.3 Å². The molecule has 0 bridgehead atoms. The molecule has 2 heterocycles. The van der Waals surface area contributed by atoms with Gasteiger partial charge in [0.1, 0.15) is 0 Å². The van der Waals surface area contributed by atoms with E-state index in [1.807, 2.05) is 13.2 Å². The van der Waals surface area contributed by atoms with Crippen LogP contribution in [0.3, 0.4) is 0 Å². The Hall–Kier alpha value is -0.940. The molecule has 96 valence electrons. The first-order valence-electron chi connectivity index (χ1n) is 6.35. The summed E-state index contributed by atoms with van der Waals surface area (Å²) in [6.07, 6.45) is 3.17. The van der Waals surface area contributed by atoms with Gasteiger partial charge >= 0.3 is 0 Å². The molecule has 0 radical (unpaired) electrons. The Kier molecular flexibility index (Phi) is 3.49. The molecule has 1 aliphatic heterocycles. The van der Waals surface area contributed by atoms with Crippen molar-refractivity contribution in [3.05, 3.63) is 11.9 Å². The molecular formula is C12H23N5. The van der Waals surface area contributed by atoms with Gasteiger partial charge in [-0.1, -0.05) is 12.1 Å². The number of nitrogens with zero attached hydrogens (tertiary/aromatic N) is 4. The van der Waals surface area contributed by atoms with Crippen molar-refractivity contribution in [2.75, 3.05) is 13.1 Å². The van der Waals surface area contributed by atoms with Crippen LogP contribution in [0.1, 0.15) is 32.9 Å². The van der Waals surface area contributed by atoms with E-state index in [1.165, 1.54) is 6.42 Å². The standard InChI is InChI=1S/C12H23N5/c1-5-10-7-17(12(2,3)9-13-10)8-11-6-16(4)15-14-11/h6,10,13H,5,7-9H2,1-4H3. The van der Waals surface area contributed by atoms with Crippen molar-refractivity contribution in [1.29, 1.82) is 0 Å². The van der Waals surface area contributed by atoms with Gasteiger partial charge in [0.2, 0.25) is 0 Å². The third kappa shape index (κ3) is 2.84. The van der Waals surface area contributed by atoms with Crippen LogP contribution < -0.4 is 5.32 Å². The van der Waals surface area contributed by atoms with Gasteiger partial charge in [-0.2, -0.15) is 0 Å². The summed E-state index contributed by atoms with van der Waals surface area (Å²) in [7, 11) is 1.91. The molecule has 5 heteroatoms. The molecule has 0 amide bonds. The highest BCUT2D eigenvalue weighted by Crippen LogP contribution is 2.21. The zero-order chi connectivity index (χ0) is 12.5. The number of hydrogen-bond acceptors (Lipinski definition) is 4. The third-order valence-corrected chi connectivity index (χ3v) is 3.62. The van der Waals surface area contributed by atoms with Crippen molar-refractivity contribution >= 4 is 0 Å². The number of aryl methyl sites for hydroxylation is 1. The van der Waals surface area contributed by atoms with Gasteiger partial charge < -0.3 is 5.32 Å². The maximum Gasteiger partial charge on any atom is 0.0967 e. The monoisotopic (exact) mass is 237 g/mol. The first kappa shape index (κ1) is 12.5. The number of aromatic nitrogens is 3. The largest absolute Gasteiger partial charge is 0.311 e. The summed E-state index contributed by atoms with van der Waals surface area (Å²) in [4.78, 5) is 2.50. The molecule has 1 aromatic heterocycles. The Balaban J connectivity index is 2.05. The molecule has 1 N–H and O–H groups in total. The Bertz CT molecular complexity index is 371. The third-order valence-electron chi connectivity index (χ3n) is 3.62. The Morgan fingerprint density at radius 1 is 1.53 bits per heavy atom. The van der Waals surface area contributed by atoms with Crippen molar-refractivity contribution < 1.29 is 0 Å². The molecule has 0 spiro atoms. The molecule has 1 aliphatic rings. The van der Waals surface area contributed by atoms with Crippen molar-refractivity contribution in [2.24, 2.45) is 7.05 Å². The number of hydrogen-bond donors (Lipinski definition) is 1. The summed E-state index contributed by atoms with van der Waals surface area (Å²) in [5.41, 5.74) is 1.24. The van der Waals surface area contributed by atoms with E-state index in [9.17, 15) is 0 Å². The molecular weight excluding hydrogens is 214 g/mol. The second-order valence-electron chi connectivity index (χ2n) is 5.56. The van der Waals surface area contributed by atoms with Gasteiger partial charge in [-0.15, -0.1) is 5.10 Å². The van der Waals surface area contributed by atoms with Crippen LogP contribution in [0.25, 0.3) is 0 Å². The molecule has 1 unspecified atom stereocenters. The van der Waals surface area contributed by atoms with Crippen LogP contribution in [-0.2, 0) is 13.6 Å². The zero-order valence-corrected chi connectivity index (χ0v) is 11.3. The predicted octanol–water partition coefficient (Wildman–Crippen LogP) is 0.777.